The van der Waals surface area contributed by atoms with Gasteiger partial charge in [0.2, 0.25) is 0 Å². The second kappa shape index (κ2) is 7.39. The lowest BCUT2D eigenvalue weighted by Gasteiger charge is -2.23. The summed E-state index contributed by atoms with van der Waals surface area (Å²) in [4.78, 5) is 0. The Morgan fingerprint density at radius 1 is 0.846 bits per heavy atom. The van der Waals surface area contributed by atoms with Crippen molar-refractivity contribution in [1.29, 1.82) is 5.26 Å². The monoisotopic (exact) mass is 371 g/mol. The van der Waals surface area contributed by atoms with Crippen molar-refractivity contribution in [3.63, 3.8) is 0 Å². The molecule has 0 amide bonds. The number of benzene rings is 2. The third-order valence-electron chi connectivity index (χ3n) is 3.38. The zero-order valence-corrected chi connectivity index (χ0v) is 13.9. The zero-order valence-electron chi connectivity index (χ0n) is 13.9. The minimum Gasteiger partial charge on any atom is -0.496 e. The van der Waals surface area contributed by atoms with Gasteiger partial charge in [0.15, 0.2) is 0 Å². The fraction of sp³-hybridized carbons (Fsp3) is 0.235. The van der Waals surface area contributed by atoms with Gasteiger partial charge in [-0.05, 0) is 0 Å². The quantitative estimate of drug-likeness (QED) is 0.719. The summed E-state index contributed by atoms with van der Waals surface area (Å²) in [5.74, 6) is -3.92. The molecular weight excluding hydrogens is 358 g/mol. The second-order valence-electron chi connectivity index (χ2n) is 4.90. The summed E-state index contributed by atoms with van der Waals surface area (Å²) in [5, 5.41) is 8.62. The molecule has 0 heterocycles. The largest absolute Gasteiger partial charge is 0.496 e. The molecule has 9 heteroatoms. The lowest BCUT2D eigenvalue weighted by Crippen LogP contribution is -2.24. The van der Waals surface area contributed by atoms with Gasteiger partial charge in [0, 0.05) is 24.3 Å². The SMILES string of the molecule is COc1cc(OC)c(C(F)(F)Oc2cc(F)c(C#N)c(F)c2)c(OC)c1. The van der Waals surface area contributed by atoms with Crippen LogP contribution in [0.1, 0.15) is 11.1 Å². The third kappa shape index (κ3) is 3.59. The molecule has 0 saturated heterocycles. The highest BCUT2D eigenvalue weighted by Crippen LogP contribution is 2.45. The number of nitrogens with zero attached hydrogens (tertiary/aromatic N) is 1. The van der Waals surface area contributed by atoms with Crippen molar-refractivity contribution in [2.75, 3.05) is 21.3 Å². The molecule has 2 aromatic rings. The first-order chi connectivity index (χ1) is 12.3. The van der Waals surface area contributed by atoms with E-state index in [0.717, 1.165) is 14.2 Å². The normalized spacial score (nSPS) is 10.8. The highest BCUT2D eigenvalue weighted by Gasteiger charge is 2.42. The molecule has 0 atom stereocenters. The van der Waals surface area contributed by atoms with Gasteiger partial charge in [-0.25, -0.2) is 8.78 Å². The first-order valence-electron chi connectivity index (χ1n) is 7.03. The Labute approximate surface area is 146 Å². The zero-order chi connectivity index (χ0) is 19.5. The van der Waals surface area contributed by atoms with Crippen molar-refractivity contribution in [2.24, 2.45) is 0 Å². The predicted octanol–water partition coefficient (Wildman–Crippen LogP) is 3.99. The molecule has 5 nitrogen and oxygen atoms in total. The Balaban J connectivity index is 2.53. The van der Waals surface area contributed by atoms with E-state index in [1.165, 1.54) is 25.3 Å². The fourth-order valence-corrected chi connectivity index (χ4v) is 2.21. The number of hydrogen-bond donors (Lipinski definition) is 0. The van der Waals surface area contributed by atoms with Gasteiger partial charge in [0.25, 0.3) is 0 Å². The van der Waals surface area contributed by atoms with Gasteiger partial charge in [0.05, 0.1) is 21.3 Å². The number of nitriles is 1. The van der Waals surface area contributed by atoms with E-state index in [1.54, 1.807) is 0 Å². The van der Waals surface area contributed by atoms with Crippen LogP contribution in [0, 0.1) is 23.0 Å². The molecule has 0 N–H and O–H groups in total. The van der Waals surface area contributed by atoms with Gasteiger partial charge in [-0.1, -0.05) is 0 Å². The third-order valence-corrected chi connectivity index (χ3v) is 3.38. The van der Waals surface area contributed by atoms with Gasteiger partial charge in [-0.3, -0.25) is 0 Å². The molecular formula is C17H13F4NO4. The molecule has 0 bridgehead atoms. The van der Waals surface area contributed by atoms with Crippen molar-refractivity contribution in [2.45, 2.75) is 6.11 Å². The number of rotatable bonds is 6. The van der Waals surface area contributed by atoms with Crippen LogP contribution in [0.5, 0.6) is 23.0 Å². The lowest BCUT2D eigenvalue weighted by atomic mass is 10.1. The minimum absolute atomic E-state index is 0.189. The van der Waals surface area contributed by atoms with Crippen molar-refractivity contribution < 1.29 is 36.5 Å². The molecule has 0 aliphatic rings. The smallest absolute Gasteiger partial charge is 0.433 e. The summed E-state index contributed by atoms with van der Waals surface area (Å²) in [6.45, 7) is 0. The minimum atomic E-state index is -4.07. The highest BCUT2D eigenvalue weighted by atomic mass is 19.3. The molecule has 138 valence electrons. The van der Waals surface area contributed by atoms with Crippen LogP contribution in [0.2, 0.25) is 0 Å². The van der Waals surface area contributed by atoms with Gasteiger partial charge < -0.3 is 18.9 Å². The number of halogens is 4. The fourth-order valence-electron chi connectivity index (χ4n) is 2.21. The van der Waals surface area contributed by atoms with E-state index < -0.39 is 34.6 Å². The molecule has 0 spiro atoms. The maximum atomic E-state index is 14.7. The molecule has 2 rings (SSSR count). The van der Waals surface area contributed by atoms with Crippen LogP contribution in [-0.4, -0.2) is 21.3 Å². The standard InChI is InChI=1S/C17H13F4NO4/c1-23-9-6-14(24-2)16(15(7-9)25-3)17(20,21)26-10-4-12(18)11(8-22)13(19)5-10/h4-7H,1-3H3. The van der Waals surface area contributed by atoms with Crippen LogP contribution in [0.15, 0.2) is 24.3 Å². The Morgan fingerprint density at radius 3 is 1.73 bits per heavy atom. The van der Waals surface area contributed by atoms with E-state index in [4.69, 9.17) is 19.5 Å². The van der Waals surface area contributed by atoms with Crippen LogP contribution in [0.3, 0.4) is 0 Å². The number of ether oxygens (including phenoxy) is 4. The molecule has 0 fully saturated rings. The van der Waals surface area contributed by atoms with E-state index in [9.17, 15) is 17.6 Å². The topological polar surface area (TPSA) is 60.7 Å². The summed E-state index contributed by atoms with van der Waals surface area (Å²) in [5.41, 5.74) is -1.70. The van der Waals surface area contributed by atoms with E-state index in [0.29, 0.717) is 12.1 Å². The number of hydrogen-bond acceptors (Lipinski definition) is 5. The molecule has 26 heavy (non-hydrogen) atoms. The number of methoxy groups -OCH3 is 3. The van der Waals surface area contributed by atoms with Gasteiger partial charge in [-0.15, -0.1) is 0 Å². The molecule has 0 aliphatic carbocycles. The summed E-state index contributed by atoms with van der Waals surface area (Å²) >= 11 is 0. The summed E-state index contributed by atoms with van der Waals surface area (Å²) in [7, 11) is 3.62. The lowest BCUT2D eigenvalue weighted by molar-refractivity contribution is -0.187. The van der Waals surface area contributed by atoms with Crippen LogP contribution >= 0.6 is 0 Å². The van der Waals surface area contributed by atoms with E-state index in [2.05, 4.69) is 4.74 Å². The van der Waals surface area contributed by atoms with E-state index >= 15 is 0 Å². The molecule has 0 aliphatic heterocycles. The summed E-state index contributed by atoms with van der Waals surface area (Å²) in [6, 6.07) is 4.61. The van der Waals surface area contributed by atoms with Crippen LogP contribution < -0.4 is 18.9 Å². The highest BCUT2D eigenvalue weighted by molar-refractivity contribution is 5.52. The van der Waals surface area contributed by atoms with Crippen molar-refractivity contribution in [3.8, 4) is 29.1 Å². The van der Waals surface area contributed by atoms with Crippen LogP contribution in [0.4, 0.5) is 17.6 Å². The van der Waals surface area contributed by atoms with Gasteiger partial charge >= 0.3 is 6.11 Å². The van der Waals surface area contributed by atoms with E-state index in [1.807, 2.05) is 0 Å². The maximum absolute atomic E-state index is 14.7. The Hall–Kier alpha value is -3.15. The Bertz CT molecular complexity index is 816. The molecule has 0 saturated carbocycles. The average Bonchev–Trinajstić information content (AvgIpc) is 2.59. The molecule has 0 aromatic heterocycles. The van der Waals surface area contributed by atoms with Crippen LogP contribution in [0.25, 0.3) is 0 Å². The van der Waals surface area contributed by atoms with Crippen molar-refractivity contribution >= 4 is 0 Å². The average molecular weight is 371 g/mol. The van der Waals surface area contributed by atoms with Crippen molar-refractivity contribution in [1.82, 2.24) is 0 Å². The van der Waals surface area contributed by atoms with E-state index in [-0.39, 0.29) is 17.2 Å². The number of alkyl halides is 2. The predicted molar refractivity (Wildman–Crippen MR) is 81.7 cm³/mol. The molecule has 0 unspecified atom stereocenters. The van der Waals surface area contributed by atoms with Gasteiger partial charge in [0.1, 0.15) is 51.8 Å². The Kier molecular flexibility index (Phi) is 5.45. The molecule has 2 aromatic carbocycles. The molecule has 0 radical (unpaired) electrons. The summed E-state index contributed by atoms with van der Waals surface area (Å²) < 4.78 is 75.9. The summed E-state index contributed by atoms with van der Waals surface area (Å²) in [6.07, 6.45) is -4.07. The first-order valence-corrected chi connectivity index (χ1v) is 7.03. The van der Waals surface area contributed by atoms with Gasteiger partial charge in [-0.2, -0.15) is 14.0 Å². The van der Waals surface area contributed by atoms with Crippen LogP contribution in [-0.2, 0) is 6.11 Å². The first kappa shape index (κ1) is 19.2. The Morgan fingerprint density at radius 2 is 1.35 bits per heavy atom. The second-order valence-corrected chi connectivity index (χ2v) is 4.90. The van der Waals surface area contributed by atoms with Crippen molar-refractivity contribution in [3.05, 3.63) is 47.0 Å². The maximum Gasteiger partial charge on any atom is 0.433 e.